The Bertz CT molecular complexity index is 597. The fourth-order valence-electron chi connectivity index (χ4n) is 3.22. The molecule has 1 rings (SSSR count). The highest BCUT2D eigenvalue weighted by Gasteiger charge is 2.63. The molecule has 0 radical (unpaired) electrons. The van der Waals surface area contributed by atoms with E-state index < -0.39 is 34.3 Å². The van der Waals surface area contributed by atoms with Crippen LogP contribution in [-0.4, -0.2) is 49.7 Å². The molecule has 0 fully saturated rings. The summed E-state index contributed by atoms with van der Waals surface area (Å²) >= 11 is 1.86. The van der Waals surface area contributed by atoms with Gasteiger partial charge in [0.1, 0.15) is 4.11 Å². The van der Waals surface area contributed by atoms with Gasteiger partial charge in [-0.1, -0.05) is 19.9 Å². The van der Waals surface area contributed by atoms with Gasteiger partial charge >= 0.3 is 19.5 Å². The first-order valence-electron chi connectivity index (χ1n) is 8.07. The van der Waals surface area contributed by atoms with E-state index in [1.54, 1.807) is 27.7 Å². The molecule has 10 heteroatoms. The van der Waals surface area contributed by atoms with E-state index in [0.717, 1.165) is 0 Å². The molecule has 0 aromatic rings. The SMILES string of the molecule is CCOC(=O)C1(C(=O)OC(C)I)NCC=C1C(CC)(CC)P(=O)(O)O. The molecule has 0 saturated heterocycles. The van der Waals surface area contributed by atoms with Crippen LogP contribution in [0.25, 0.3) is 0 Å². The lowest BCUT2D eigenvalue weighted by atomic mass is 9.79. The first kappa shape index (κ1) is 22.6. The van der Waals surface area contributed by atoms with Gasteiger partial charge in [0, 0.05) is 6.54 Å². The minimum atomic E-state index is -4.69. The molecular weight excluding hydrogens is 464 g/mol. The molecular formula is C15H25INO7P. The largest absolute Gasteiger partial charge is 0.464 e. The molecule has 144 valence electrons. The lowest BCUT2D eigenvalue weighted by Gasteiger charge is -2.40. The van der Waals surface area contributed by atoms with Crippen molar-refractivity contribution in [2.45, 2.75) is 55.3 Å². The van der Waals surface area contributed by atoms with Crippen molar-refractivity contribution in [1.82, 2.24) is 5.32 Å². The minimum absolute atomic E-state index is 0.0176. The van der Waals surface area contributed by atoms with Gasteiger partial charge in [-0.05, 0) is 54.9 Å². The third-order valence-corrected chi connectivity index (χ3v) is 6.71. The van der Waals surface area contributed by atoms with E-state index in [-0.39, 0.29) is 31.6 Å². The molecule has 0 spiro atoms. The van der Waals surface area contributed by atoms with Gasteiger partial charge in [-0.3, -0.25) is 9.88 Å². The van der Waals surface area contributed by atoms with Crippen LogP contribution in [0.5, 0.6) is 0 Å². The van der Waals surface area contributed by atoms with Gasteiger partial charge < -0.3 is 19.3 Å². The summed E-state index contributed by atoms with van der Waals surface area (Å²) in [4.78, 5) is 45.6. The van der Waals surface area contributed by atoms with Crippen LogP contribution in [-0.2, 0) is 23.6 Å². The maximum Gasteiger partial charge on any atom is 0.343 e. The maximum atomic E-state index is 12.8. The molecule has 3 N–H and O–H groups in total. The van der Waals surface area contributed by atoms with E-state index in [1.165, 1.54) is 6.08 Å². The molecule has 0 amide bonds. The van der Waals surface area contributed by atoms with Crippen molar-refractivity contribution >= 4 is 42.1 Å². The summed E-state index contributed by atoms with van der Waals surface area (Å²) in [6.45, 7) is 6.55. The molecule has 0 bridgehead atoms. The molecule has 0 saturated carbocycles. The second-order valence-corrected chi connectivity index (χ2v) is 9.40. The second-order valence-electron chi connectivity index (χ2n) is 5.70. The van der Waals surface area contributed by atoms with Gasteiger partial charge in [0.25, 0.3) is 0 Å². The molecule has 25 heavy (non-hydrogen) atoms. The van der Waals surface area contributed by atoms with E-state index in [2.05, 4.69) is 5.32 Å². The highest BCUT2D eigenvalue weighted by Crippen LogP contribution is 2.61. The third kappa shape index (κ3) is 3.95. The Morgan fingerprint density at radius 1 is 1.36 bits per heavy atom. The molecule has 0 aromatic carbocycles. The van der Waals surface area contributed by atoms with Crippen LogP contribution in [0.15, 0.2) is 11.6 Å². The van der Waals surface area contributed by atoms with E-state index in [0.29, 0.717) is 0 Å². The zero-order valence-electron chi connectivity index (χ0n) is 14.7. The standard InChI is InChI=1S/C15H25INO7P/c1-5-14(6-2,25(20,21)22)11-8-9-17-15(11,12(18)23-7-3)13(19)24-10(4)16/h8,10,17H,5-7,9H2,1-4H3,(H2,20,21,22). The molecule has 1 heterocycles. The Balaban J connectivity index is 3.62. The number of rotatable bonds is 8. The van der Waals surface area contributed by atoms with Gasteiger partial charge in [0.2, 0.25) is 5.54 Å². The number of halogens is 1. The van der Waals surface area contributed by atoms with Gasteiger partial charge in [-0.2, -0.15) is 0 Å². The number of alkyl halides is 1. The average molecular weight is 489 g/mol. The summed E-state index contributed by atoms with van der Waals surface area (Å²) in [5, 5.41) is 1.11. The predicted octanol–water partition coefficient (Wildman–Crippen LogP) is 1.88. The van der Waals surface area contributed by atoms with Crippen molar-refractivity contribution in [3.8, 4) is 0 Å². The second kappa shape index (κ2) is 8.47. The number of carbonyl (C=O) groups is 2. The van der Waals surface area contributed by atoms with Crippen LogP contribution in [0.1, 0.15) is 40.5 Å². The summed E-state index contributed by atoms with van der Waals surface area (Å²) in [6, 6.07) is 0. The van der Waals surface area contributed by atoms with E-state index >= 15 is 0 Å². The Morgan fingerprint density at radius 3 is 2.32 bits per heavy atom. The predicted molar refractivity (Wildman–Crippen MR) is 100 cm³/mol. The maximum absolute atomic E-state index is 12.8. The summed E-state index contributed by atoms with van der Waals surface area (Å²) in [7, 11) is -4.69. The van der Waals surface area contributed by atoms with Crippen molar-refractivity contribution in [2.75, 3.05) is 13.2 Å². The Hall–Kier alpha value is -0.480. The summed E-state index contributed by atoms with van der Waals surface area (Å²) in [5.74, 6) is -1.84. The lowest BCUT2D eigenvalue weighted by molar-refractivity contribution is -0.164. The Morgan fingerprint density at radius 2 is 1.92 bits per heavy atom. The zero-order chi connectivity index (χ0) is 19.5. The van der Waals surface area contributed by atoms with Crippen LogP contribution in [0.4, 0.5) is 0 Å². The topological polar surface area (TPSA) is 122 Å². The summed E-state index contributed by atoms with van der Waals surface area (Å²) < 4.78 is 22.1. The molecule has 1 aliphatic heterocycles. The summed E-state index contributed by atoms with van der Waals surface area (Å²) in [5.41, 5.74) is -2.03. The minimum Gasteiger partial charge on any atom is -0.464 e. The van der Waals surface area contributed by atoms with E-state index in [9.17, 15) is 23.9 Å². The molecule has 2 unspecified atom stereocenters. The average Bonchev–Trinajstić information content (AvgIpc) is 2.93. The Kier molecular flexibility index (Phi) is 7.65. The highest BCUT2D eigenvalue weighted by atomic mass is 127. The van der Waals surface area contributed by atoms with Gasteiger partial charge in [0.15, 0.2) is 0 Å². The third-order valence-electron chi connectivity index (χ3n) is 4.46. The number of ether oxygens (including phenoxy) is 2. The number of carbonyl (C=O) groups excluding carboxylic acids is 2. The van der Waals surface area contributed by atoms with Crippen LogP contribution in [0, 0.1) is 0 Å². The van der Waals surface area contributed by atoms with Crippen molar-refractivity contribution < 1.29 is 33.4 Å². The quantitative estimate of drug-likeness (QED) is 0.118. The molecule has 0 aliphatic carbocycles. The first-order valence-corrected chi connectivity index (χ1v) is 10.9. The Labute approximate surface area is 161 Å². The smallest absolute Gasteiger partial charge is 0.343 e. The van der Waals surface area contributed by atoms with Gasteiger partial charge in [0.05, 0.1) is 11.8 Å². The van der Waals surface area contributed by atoms with E-state index in [4.69, 9.17) is 9.47 Å². The number of hydrogen-bond donors (Lipinski definition) is 3. The monoisotopic (exact) mass is 489 g/mol. The highest BCUT2D eigenvalue weighted by molar-refractivity contribution is 14.1. The van der Waals surface area contributed by atoms with Gasteiger partial charge in [-0.15, -0.1) is 0 Å². The fourth-order valence-corrected chi connectivity index (χ4v) is 4.84. The lowest BCUT2D eigenvalue weighted by Crippen LogP contribution is -2.62. The number of nitrogens with one attached hydrogen (secondary N) is 1. The number of esters is 2. The molecule has 1 aliphatic rings. The van der Waals surface area contributed by atoms with Crippen LogP contribution in [0.3, 0.4) is 0 Å². The van der Waals surface area contributed by atoms with Gasteiger partial charge in [-0.25, -0.2) is 9.59 Å². The van der Waals surface area contributed by atoms with E-state index in [1.807, 2.05) is 22.6 Å². The summed E-state index contributed by atoms with van der Waals surface area (Å²) in [6.07, 6.45) is 1.59. The molecule has 0 aromatic heterocycles. The first-order chi connectivity index (χ1) is 11.5. The number of hydrogen-bond acceptors (Lipinski definition) is 6. The van der Waals surface area contributed by atoms with Crippen LogP contribution >= 0.6 is 30.2 Å². The van der Waals surface area contributed by atoms with Crippen molar-refractivity contribution in [1.29, 1.82) is 0 Å². The van der Waals surface area contributed by atoms with Crippen LogP contribution < -0.4 is 5.32 Å². The van der Waals surface area contributed by atoms with Crippen molar-refractivity contribution in [3.05, 3.63) is 11.6 Å². The van der Waals surface area contributed by atoms with Crippen LogP contribution in [0.2, 0.25) is 0 Å². The van der Waals surface area contributed by atoms with Crippen molar-refractivity contribution in [2.24, 2.45) is 0 Å². The normalized spacial score (nSPS) is 22.3. The molecule has 2 atom stereocenters. The molecule has 8 nitrogen and oxygen atoms in total. The van der Waals surface area contributed by atoms with Crippen molar-refractivity contribution in [3.63, 3.8) is 0 Å². The fraction of sp³-hybridized carbons (Fsp3) is 0.733. The zero-order valence-corrected chi connectivity index (χ0v) is 17.8.